The lowest BCUT2D eigenvalue weighted by Crippen LogP contribution is -2.09. The first kappa shape index (κ1) is 13.3. The van der Waals surface area contributed by atoms with Gasteiger partial charge >= 0.3 is 0 Å². The highest BCUT2D eigenvalue weighted by Crippen LogP contribution is 2.24. The van der Waals surface area contributed by atoms with Crippen LogP contribution < -0.4 is 4.74 Å². The van der Waals surface area contributed by atoms with Gasteiger partial charge in [0.05, 0.1) is 5.54 Å². The maximum Gasteiger partial charge on any atom is 0.136 e. The van der Waals surface area contributed by atoms with Gasteiger partial charge in [0.2, 0.25) is 0 Å². The second-order valence-electron chi connectivity index (χ2n) is 5.38. The Balaban J connectivity index is 2.24. The van der Waals surface area contributed by atoms with Crippen molar-refractivity contribution in [1.82, 2.24) is 0 Å². The van der Waals surface area contributed by atoms with Crippen LogP contribution in [0.25, 0.3) is 0 Å². The number of para-hydroxylation sites is 2. The molecule has 2 nitrogen and oxygen atoms in total. The van der Waals surface area contributed by atoms with Crippen LogP contribution in [-0.2, 0) is 0 Å². The van der Waals surface area contributed by atoms with Gasteiger partial charge < -0.3 is 4.74 Å². The first-order valence-electron chi connectivity index (χ1n) is 6.42. The van der Waals surface area contributed by atoms with Gasteiger partial charge in [0.15, 0.2) is 0 Å². The zero-order valence-corrected chi connectivity index (χ0v) is 11.6. The topological polar surface area (TPSA) is 21.6 Å². The monoisotopic (exact) mass is 253 g/mol. The molecule has 2 heteroatoms. The number of aliphatic imine (C=N–C) groups is 1. The van der Waals surface area contributed by atoms with Gasteiger partial charge in [-0.15, -0.1) is 0 Å². The van der Waals surface area contributed by atoms with E-state index in [2.05, 4.69) is 25.8 Å². The van der Waals surface area contributed by atoms with Crippen molar-refractivity contribution in [2.45, 2.75) is 26.3 Å². The zero-order valence-electron chi connectivity index (χ0n) is 11.6. The molecule has 0 N–H and O–H groups in total. The zero-order chi connectivity index (χ0) is 13.7. The van der Waals surface area contributed by atoms with E-state index in [0.717, 1.165) is 17.1 Å². The molecule has 0 aromatic heterocycles. The number of ether oxygens (including phenoxy) is 1. The van der Waals surface area contributed by atoms with Crippen molar-refractivity contribution < 1.29 is 4.74 Å². The average Bonchev–Trinajstić information content (AvgIpc) is 2.38. The van der Waals surface area contributed by atoms with Crippen LogP contribution in [0.15, 0.2) is 59.6 Å². The minimum Gasteiger partial charge on any atom is -0.457 e. The van der Waals surface area contributed by atoms with Crippen molar-refractivity contribution in [3.63, 3.8) is 0 Å². The number of nitrogens with zero attached hydrogens (tertiary/aromatic N) is 1. The standard InChI is InChI=1S/C17H19NO/c1-17(2,3)18-13-14-9-7-8-12-16(14)19-15-10-5-4-6-11-15/h4-13H,1-3H3. The van der Waals surface area contributed by atoms with Gasteiger partial charge in [-0.3, -0.25) is 4.99 Å². The van der Waals surface area contributed by atoms with Gasteiger partial charge in [-0.05, 0) is 45.0 Å². The highest BCUT2D eigenvalue weighted by molar-refractivity contribution is 5.83. The third-order valence-electron chi connectivity index (χ3n) is 2.48. The highest BCUT2D eigenvalue weighted by Gasteiger charge is 2.07. The van der Waals surface area contributed by atoms with Crippen molar-refractivity contribution in [1.29, 1.82) is 0 Å². The summed E-state index contributed by atoms with van der Waals surface area (Å²) in [7, 11) is 0. The van der Waals surface area contributed by atoms with Crippen LogP contribution >= 0.6 is 0 Å². The van der Waals surface area contributed by atoms with Crippen LogP contribution in [0.4, 0.5) is 0 Å². The largest absolute Gasteiger partial charge is 0.457 e. The summed E-state index contributed by atoms with van der Waals surface area (Å²) in [4.78, 5) is 4.52. The summed E-state index contributed by atoms with van der Waals surface area (Å²) in [6.07, 6.45) is 1.87. The minimum absolute atomic E-state index is 0.0835. The molecule has 0 amide bonds. The molecule has 0 unspecified atom stereocenters. The smallest absolute Gasteiger partial charge is 0.136 e. The van der Waals surface area contributed by atoms with Crippen molar-refractivity contribution in [2.75, 3.05) is 0 Å². The summed E-state index contributed by atoms with van der Waals surface area (Å²) in [5.74, 6) is 1.65. The molecule has 0 spiro atoms. The Morgan fingerprint density at radius 1 is 0.895 bits per heavy atom. The second kappa shape index (κ2) is 5.70. The lowest BCUT2D eigenvalue weighted by molar-refractivity contribution is 0.481. The van der Waals surface area contributed by atoms with E-state index in [0.29, 0.717) is 0 Å². The molecule has 19 heavy (non-hydrogen) atoms. The molecule has 0 aliphatic rings. The first-order valence-corrected chi connectivity index (χ1v) is 6.42. The molecule has 0 bridgehead atoms. The van der Waals surface area contributed by atoms with Crippen molar-refractivity contribution in [3.05, 3.63) is 60.2 Å². The summed E-state index contributed by atoms with van der Waals surface area (Å²) in [6, 6.07) is 17.7. The first-order chi connectivity index (χ1) is 9.04. The quantitative estimate of drug-likeness (QED) is 0.727. The van der Waals surface area contributed by atoms with Crippen molar-refractivity contribution in [3.8, 4) is 11.5 Å². The number of benzene rings is 2. The predicted molar refractivity (Wildman–Crippen MR) is 80.3 cm³/mol. The van der Waals surface area contributed by atoms with E-state index in [4.69, 9.17) is 4.74 Å². The molecule has 0 saturated heterocycles. The van der Waals surface area contributed by atoms with Crippen molar-refractivity contribution in [2.24, 2.45) is 4.99 Å². The number of hydrogen-bond acceptors (Lipinski definition) is 2. The lowest BCUT2D eigenvalue weighted by atomic mass is 10.1. The predicted octanol–water partition coefficient (Wildman–Crippen LogP) is 4.70. The normalized spacial score (nSPS) is 11.7. The van der Waals surface area contributed by atoms with Gasteiger partial charge in [-0.2, -0.15) is 0 Å². The fourth-order valence-electron chi connectivity index (χ4n) is 1.56. The van der Waals surface area contributed by atoms with Crippen LogP contribution in [0, 0.1) is 0 Å². The van der Waals surface area contributed by atoms with E-state index in [-0.39, 0.29) is 5.54 Å². The molecule has 0 aliphatic carbocycles. The SMILES string of the molecule is CC(C)(C)N=Cc1ccccc1Oc1ccccc1. The van der Waals surface area contributed by atoms with E-state index < -0.39 is 0 Å². The van der Waals surface area contributed by atoms with Gasteiger partial charge in [-0.25, -0.2) is 0 Å². The van der Waals surface area contributed by atoms with Gasteiger partial charge in [0, 0.05) is 11.8 Å². The molecule has 0 saturated carbocycles. The van der Waals surface area contributed by atoms with E-state index in [1.807, 2.05) is 60.8 Å². The lowest BCUT2D eigenvalue weighted by Gasteiger charge is -2.12. The second-order valence-corrected chi connectivity index (χ2v) is 5.38. The minimum atomic E-state index is -0.0835. The summed E-state index contributed by atoms with van der Waals surface area (Å²) >= 11 is 0. The molecule has 2 aromatic carbocycles. The van der Waals surface area contributed by atoms with E-state index in [1.54, 1.807) is 0 Å². The fourth-order valence-corrected chi connectivity index (χ4v) is 1.56. The van der Waals surface area contributed by atoms with E-state index >= 15 is 0 Å². The van der Waals surface area contributed by atoms with E-state index in [1.165, 1.54) is 0 Å². The van der Waals surface area contributed by atoms with Crippen molar-refractivity contribution >= 4 is 6.21 Å². The molecule has 0 heterocycles. The Morgan fingerprint density at radius 3 is 2.21 bits per heavy atom. The van der Waals surface area contributed by atoms with Crippen LogP contribution in [0.2, 0.25) is 0 Å². The Kier molecular flexibility index (Phi) is 4.00. The molecule has 0 radical (unpaired) electrons. The highest BCUT2D eigenvalue weighted by atomic mass is 16.5. The summed E-state index contributed by atoms with van der Waals surface area (Å²) in [5.41, 5.74) is 0.904. The van der Waals surface area contributed by atoms with Gasteiger partial charge in [0.1, 0.15) is 11.5 Å². The molecular formula is C17H19NO. The van der Waals surface area contributed by atoms with Crippen LogP contribution in [0.5, 0.6) is 11.5 Å². The summed E-state index contributed by atoms with van der Waals surface area (Å²) in [6.45, 7) is 6.22. The average molecular weight is 253 g/mol. The van der Waals surface area contributed by atoms with Crippen LogP contribution in [0.1, 0.15) is 26.3 Å². The van der Waals surface area contributed by atoms with E-state index in [9.17, 15) is 0 Å². The Morgan fingerprint density at radius 2 is 1.53 bits per heavy atom. The fraction of sp³-hybridized carbons (Fsp3) is 0.235. The Hall–Kier alpha value is -2.09. The molecule has 98 valence electrons. The van der Waals surface area contributed by atoms with Gasteiger partial charge in [-0.1, -0.05) is 30.3 Å². The Bertz CT molecular complexity index is 553. The molecule has 2 aromatic rings. The maximum atomic E-state index is 5.88. The summed E-state index contributed by atoms with van der Waals surface area (Å²) in [5, 5.41) is 0. The molecule has 0 atom stereocenters. The molecule has 2 rings (SSSR count). The van der Waals surface area contributed by atoms with Crippen LogP contribution in [0.3, 0.4) is 0 Å². The third kappa shape index (κ3) is 4.25. The van der Waals surface area contributed by atoms with Crippen LogP contribution in [-0.4, -0.2) is 11.8 Å². The molecular weight excluding hydrogens is 234 g/mol. The maximum absolute atomic E-state index is 5.88. The van der Waals surface area contributed by atoms with Gasteiger partial charge in [0.25, 0.3) is 0 Å². The molecule has 0 fully saturated rings. The number of hydrogen-bond donors (Lipinski definition) is 0. The number of rotatable bonds is 3. The Labute approximate surface area is 114 Å². The third-order valence-corrected chi connectivity index (χ3v) is 2.48. The molecule has 0 aliphatic heterocycles. The summed E-state index contributed by atoms with van der Waals surface area (Å²) < 4.78 is 5.88.